The van der Waals surface area contributed by atoms with Gasteiger partial charge in [0.25, 0.3) is 5.60 Å². The van der Waals surface area contributed by atoms with Crippen LogP contribution >= 0.6 is 22.9 Å². The molecule has 0 unspecified atom stereocenters. The molecule has 4 atom stereocenters. The van der Waals surface area contributed by atoms with Gasteiger partial charge in [-0.05, 0) is 47.8 Å². The molecule has 0 amide bonds. The number of aliphatic hydroxyl groups excluding tert-OH is 1. The smallest absolute Gasteiger partial charge is 0.350 e. The number of aromatic nitrogens is 4. The van der Waals surface area contributed by atoms with Crippen LogP contribution in [-0.2, 0) is 35.0 Å². The van der Waals surface area contributed by atoms with Crippen LogP contribution in [0.4, 0.5) is 10.2 Å². The number of nitrogen functional groups attached to an aromatic ring is 1. The highest BCUT2D eigenvalue weighted by Crippen LogP contribution is 2.35. The molecule has 0 saturated carbocycles. The number of nitrogens with zero attached hydrogens (tertiary/aromatic N) is 4. The van der Waals surface area contributed by atoms with E-state index in [1.54, 1.807) is 30.7 Å². The summed E-state index contributed by atoms with van der Waals surface area (Å²) in [7, 11) is 0. The van der Waals surface area contributed by atoms with Gasteiger partial charge in [-0.25, -0.2) is 19.0 Å². The van der Waals surface area contributed by atoms with Crippen LogP contribution in [0, 0.1) is 0 Å². The number of nitrogens with two attached hydrogens (primary N) is 1. The molecule has 15 heteroatoms. The second-order valence-electron chi connectivity index (χ2n) is 8.09. The van der Waals surface area contributed by atoms with Gasteiger partial charge in [-0.2, -0.15) is 21.3 Å². The molecular weight excluding hydrogens is 533 g/mol. The Bertz CT molecular complexity index is 1240. The number of anilines is 1. The SMILES string of the molecule is CCOC(=O)C(Cc1ccsc1)(OC[C@H]1O[C@@H](n2cnc3c(N)nc(Cl)nc32)[C@@H](F)[C@@H]1O)C(=O)OCC. The van der Waals surface area contributed by atoms with E-state index in [4.69, 9.17) is 36.3 Å². The van der Waals surface area contributed by atoms with Gasteiger partial charge in [-0.3, -0.25) is 4.57 Å². The van der Waals surface area contributed by atoms with Crippen molar-refractivity contribution in [1.29, 1.82) is 0 Å². The van der Waals surface area contributed by atoms with E-state index in [0.29, 0.717) is 5.56 Å². The summed E-state index contributed by atoms with van der Waals surface area (Å²) in [6, 6.07) is 1.72. The van der Waals surface area contributed by atoms with Crippen LogP contribution in [0.2, 0.25) is 5.28 Å². The molecule has 4 rings (SSSR count). The van der Waals surface area contributed by atoms with Crippen molar-refractivity contribution in [2.75, 3.05) is 25.6 Å². The molecule has 4 heterocycles. The van der Waals surface area contributed by atoms with Crippen LogP contribution in [0.1, 0.15) is 25.6 Å². The topological polar surface area (TPSA) is 161 Å². The van der Waals surface area contributed by atoms with E-state index >= 15 is 4.39 Å². The van der Waals surface area contributed by atoms with E-state index in [1.807, 2.05) is 0 Å². The molecule has 1 saturated heterocycles. The maximum absolute atomic E-state index is 15.2. The summed E-state index contributed by atoms with van der Waals surface area (Å²) in [5, 5.41) is 14.0. The first kappa shape index (κ1) is 27.1. The largest absolute Gasteiger partial charge is 0.463 e. The predicted octanol–water partition coefficient (Wildman–Crippen LogP) is 1.84. The minimum absolute atomic E-state index is 0.00956. The number of hydrogen-bond donors (Lipinski definition) is 2. The standard InChI is InChI=1S/C22H25ClFN5O7S/c1-3-33-19(31)22(20(32)34-4-2,7-11-5-6-37-9-11)35-8-12-15(30)13(24)18(36-12)29-10-26-14-16(25)27-21(23)28-17(14)29/h5-6,9-10,12-13,15,18,30H,3-4,7-8H2,1-2H3,(H2,25,27,28)/t12-,13+,15-,18-/m1/s1. The maximum Gasteiger partial charge on any atom is 0.350 e. The molecule has 3 N–H and O–H groups in total. The summed E-state index contributed by atoms with van der Waals surface area (Å²) in [6.45, 7) is 2.58. The summed E-state index contributed by atoms with van der Waals surface area (Å²) in [4.78, 5) is 38.0. The second-order valence-corrected chi connectivity index (χ2v) is 9.21. The summed E-state index contributed by atoms with van der Waals surface area (Å²) < 4.78 is 38.4. The highest BCUT2D eigenvalue weighted by atomic mass is 35.5. The van der Waals surface area contributed by atoms with Crippen molar-refractivity contribution in [3.05, 3.63) is 34.0 Å². The number of ether oxygens (including phenoxy) is 4. The molecule has 200 valence electrons. The van der Waals surface area contributed by atoms with Gasteiger partial charge in [0.1, 0.15) is 17.7 Å². The van der Waals surface area contributed by atoms with Gasteiger partial charge in [-0.1, -0.05) is 0 Å². The molecule has 3 aromatic rings. The Morgan fingerprint density at radius 1 is 1.30 bits per heavy atom. The number of esters is 2. The third-order valence-corrected chi connectivity index (χ3v) is 6.63. The Balaban J connectivity index is 1.61. The number of carbonyl (C=O) groups is 2. The molecular formula is C22H25ClFN5O7S. The molecule has 1 aliphatic rings. The highest BCUT2D eigenvalue weighted by Gasteiger charge is 2.53. The van der Waals surface area contributed by atoms with Crippen molar-refractivity contribution in [3.63, 3.8) is 0 Å². The Morgan fingerprint density at radius 3 is 2.62 bits per heavy atom. The first-order chi connectivity index (χ1) is 17.7. The number of imidazole rings is 1. The Labute approximate surface area is 219 Å². The number of thiophene rings is 1. The van der Waals surface area contributed by atoms with Crippen LogP contribution in [0.3, 0.4) is 0 Å². The van der Waals surface area contributed by atoms with Crippen molar-refractivity contribution in [1.82, 2.24) is 19.5 Å². The summed E-state index contributed by atoms with van der Waals surface area (Å²) in [6.07, 6.45) is -5.25. The number of carbonyl (C=O) groups excluding carboxylic acids is 2. The van der Waals surface area contributed by atoms with Crippen molar-refractivity contribution >= 4 is 51.9 Å². The van der Waals surface area contributed by atoms with Crippen molar-refractivity contribution in [2.24, 2.45) is 0 Å². The zero-order valence-corrected chi connectivity index (χ0v) is 21.4. The molecule has 12 nitrogen and oxygen atoms in total. The Morgan fingerprint density at radius 2 is 2.00 bits per heavy atom. The van der Waals surface area contributed by atoms with Gasteiger partial charge >= 0.3 is 11.9 Å². The van der Waals surface area contributed by atoms with E-state index in [1.165, 1.54) is 22.2 Å². The van der Waals surface area contributed by atoms with Crippen LogP contribution in [0.5, 0.6) is 0 Å². The van der Waals surface area contributed by atoms with Crippen LogP contribution in [0.15, 0.2) is 23.2 Å². The quantitative estimate of drug-likeness (QED) is 0.212. The fourth-order valence-corrected chi connectivity index (χ4v) is 4.80. The maximum atomic E-state index is 15.2. The van der Waals surface area contributed by atoms with E-state index in [9.17, 15) is 14.7 Å². The monoisotopic (exact) mass is 557 g/mol. The fourth-order valence-electron chi connectivity index (χ4n) is 3.96. The van der Waals surface area contributed by atoms with Gasteiger partial charge in [-0.15, -0.1) is 0 Å². The lowest BCUT2D eigenvalue weighted by Crippen LogP contribution is -2.54. The number of alkyl halides is 1. The summed E-state index contributed by atoms with van der Waals surface area (Å²) in [5.41, 5.74) is 4.52. The molecule has 0 aliphatic carbocycles. The molecule has 1 aliphatic heterocycles. The van der Waals surface area contributed by atoms with Crippen LogP contribution in [0.25, 0.3) is 11.2 Å². The van der Waals surface area contributed by atoms with E-state index in [-0.39, 0.29) is 41.9 Å². The van der Waals surface area contributed by atoms with Crippen LogP contribution < -0.4 is 5.73 Å². The van der Waals surface area contributed by atoms with E-state index < -0.39 is 48.8 Å². The Hall–Kier alpha value is -2.91. The zero-order chi connectivity index (χ0) is 26.7. The average molecular weight is 558 g/mol. The van der Waals surface area contributed by atoms with E-state index in [2.05, 4.69) is 15.0 Å². The van der Waals surface area contributed by atoms with E-state index in [0.717, 1.165) is 0 Å². The lowest BCUT2D eigenvalue weighted by Gasteiger charge is -2.30. The van der Waals surface area contributed by atoms with Gasteiger partial charge < -0.3 is 29.8 Å². The number of hydrogen-bond acceptors (Lipinski definition) is 12. The minimum atomic E-state index is -2.20. The van der Waals surface area contributed by atoms with Crippen molar-refractivity contribution < 1.29 is 38.0 Å². The fraction of sp³-hybridized carbons (Fsp3) is 0.500. The summed E-state index contributed by atoms with van der Waals surface area (Å²) >= 11 is 7.25. The summed E-state index contributed by atoms with van der Waals surface area (Å²) in [5.74, 6) is -1.95. The molecule has 0 spiro atoms. The first-order valence-corrected chi connectivity index (χ1v) is 12.7. The average Bonchev–Trinajstić information content (AvgIpc) is 3.58. The van der Waals surface area contributed by atoms with Gasteiger partial charge in [0.15, 0.2) is 23.9 Å². The predicted molar refractivity (Wildman–Crippen MR) is 130 cm³/mol. The molecule has 0 bridgehead atoms. The second kappa shape index (κ2) is 11.2. The zero-order valence-electron chi connectivity index (χ0n) is 19.9. The normalized spacial score (nSPS) is 21.9. The third-order valence-electron chi connectivity index (χ3n) is 5.73. The van der Waals surface area contributed by atoms with Crippen molar-refractivity contribution in [2.45, 2.75) is 50.5 Å². The Kier molecular flexibility index (Phi) is 8.23. The van der Waals surface area contributed by atoms with Gasteiger partial charge in [0.05, 0.1) is 26.1 Å². The number of halogens is 2. The lowest BCUT2D eigenvalue weighted by atomic mass is 9.95. The lowest BCUT2D eigenvalue weighted by molar-refractivity contribution is -0.196. The molecule has 3 aromatic heterocycles. The number of fused-ring (bicyclic) bond motifs is 1. The third kappa shape index (κ3) is 5.25. The highest BCUT2D eigenvalue weighted by molar-refractivity contribution is 7.07. The van der Waals surface area contributed by atoms with Crippen molar-refractivity contribution in [3.8, 4) is 0 Å². The van der Waals surface area contributed by atoms with Gasteiger partial charge in [0.2, 0.25) is 5.28 Å². The minimum Gasteiger partial charge on any atom is -0.463 e. The number of rotatable bonds is 10. The number of aliphatic hydroxyl groups is 1. The van der Waals surface area contributed by atoms with Gasteiger partial charge in [0, 0.05) is 6.42 Å². The molecule has 37 heavy (non-hydrogen) atoms. The first-order valence-electron chi connectivity index (χ1n) is 11.3. The molecule has 1 fully saturated rings. The molecule has 0 radical (unpaired) electrons. The van der Waals surface area contributed by atoms with Crippen LogP contribution in [-0.4, -0.2) is 80.4 Å². The molecule has 0 aromatic carbocycles.